The Morgan fingerprint density at radius 3 is 2.62 bits per heavy atom. The fraction of sp³-hybridized carbons (Fsp3) is 0.200. The van der Waals surface area contributed by atoms with E-state index < -0.39 is 0 Å². The second-order valence-electron chi connectivity index (χ2n) is 7.23. The quantitative estimate of drug-likeness (QED) is 0.388. The zero-order chi connectivity index (χ0) is 19.1. The molecule has 0 bridgehead atoms. The lowest BCUT2D eigenvalue weighted by Crippen LogP contribution is -2.40. The van der Waals surface area contributed by atoms with E-state index in [-0.39, 0.29) is 19.5 Å². The molecule has 4 heteroatoms. The molecule has 0 spiro atoms. The Balaban J connectivity index is 0.00000205. The van der Waals surface area contributed by atoms with E-state index in [0.717, 1.165) is 18.5 Å². The number of aromatic nitrogens is 2. The van der Waals surface area contributed by atoms with Crippen molar-refractivity contribution in [2.24, 2.45) is 0 Å². The van der Waals surface area contributed by atoms with Gasteiger partial charge in [0, 0.05) is 23.4 Å². The number of aryl methyl sites for hydroxylation is 2. The molecule has 0 amide bonds. The van der Waals surface area contributed by atoms with E-state index in [1.807, 2.05) is 25.1 Å². The molecule has 2 aromatic heterocycles. The van der Waals surface area contributed by atoms with Crippen molar-refractivity contribution in [3.8, 4) is 11.4 Å². The van der Waals surface area contributed by atoms with Crippen molar-refractivity contribution >= 4 is 16.9 Å². The number of esters is 1. The molecule has 1 atom stereocenters. The zero-order valence-corrected chi connectivity index (χ0v) is 15.7. The minimum atomic E-state index is -0.311. The van der Waals surface area contributed by atoms with E-state index in [0.29, 0.717) is 5.56 Å². The van der Waals surface area contributed by atoms with E-state index in [2.05, 4.69) is 52.1 Å². The van der Waals surface area contributed by atoms with Crippen LogP contribution in [-0.4, -0.2) is 11.0 Å². The van der Waals surface area contributed by atoms with Crippen LogP contribution in [0.5, 0.6) is 0 Å². The standard InChI is InChI=1S/C24H20N2O2.CH4/c1-16(28-24(27)17-7-3-2-4-8-17)18-11-12-22-23-20(13-14-26(22)15-18)19-9-5-6-10-21(19)25-23;/h2-12,15-16H,13-14H2,1H3;1H4/p+1. The van der Waals surface area contributed by atoms with Gasteiger partial charge in [-0.1, -0.05) is 43.8 Å². The molecule has 2 aromatic carbocycles. The number of benzene rings is 2. The van der Waals surface area contributed by atoms with Crippen molar-refractivity contribution in [3.05, 3.63) is 89.6 Å². The van der Waals surface area contributed by atoms with Gasteiger partial charge < -0.3 is 9.72 Å². The minimum Gasteiger partial charge on any atom is -0.454 e. The topological polar surface area (TPSA) is 46.0 Å². The summed E-state index contributed by atoms with van der Waals surface area (Å²) in [5, 5.41) is 1.30. The largest absolute Gasteiger partial charge is 0.454 e. The summed E-state index contributed by atoms with van der Waals surface area (Å²) in [5.74, 6) is -0.297. The molecule has 1 N–H and O–H groups in total. The van der Waals surface area contributed by atoms with E-state index in [1.165, 1.54) is 27.9 Å². The van der Waals surface area contributed by atoms with Crippen LogP contribution in [0.2, 0.25) is 0 Å². The molecule has 0 fully saturated rings. The smallest absolute Gasteiger partial charge is 0.338 e. The number of aromatic amines is 1. The van der Waals surface area contributed by atoms with Crippen molar-refractivity contribution in [1.29, 1.82) is 0 Å². The number of rotatable bonds is 3. The van der Waals surface area contributed by atoms with Crippen LogP contribution in [0.15, 0.2) is 72.9 Å². The van der Waals surface area contributed by atoms with Crippen molar-refractivity contribution in [3.63, 3.8) is 0 Å². The minimum absolute atomic E-state index is 0. The van der Waals surface area contributed by atoms with Crippen molar-refractivity contribution < 1.29 is 14.1 Å². The van der Waals surface area contributed by atoms with Crippen LogP contribution in [0, 0.1) is 0 Å². The highest BCUT2D eigenvalue weighted by molar-refractivity contribution is 5.90. The Bertz CT molecular complexity index is 1180. The second kappa shape index (κ2) is 7.55. The first-order valence-electron chi connectivity index (χ1n) is 9.60. The van der Waals surface area contributed by atoms with Gasteiger partial charge in [-0.15, -0.1) is 0 Å². The number of carbonyl (C=O) groups is 1. The average Bonchev–Trinajstić information content (AvgIpc) is 3.13. The summed E-state index contributed by atoms with van der Waals surface area (Å²) in [6.07, 6.45) is 2.78. The summed E-state index contributed by atoms with van der Waals surface area (Å²) < 4.78 is 7.92. The molecule has 146 valence electrons. The number of nitrogens with zero attached hydrogens (tertiary/aromatic N) is 1. The number of nitrogens with one attached hydrogen (secondary N) is 1. The fourth-order valence-corrected chi connectivity index (χ4v) is 4.00. The highest BCUT2D eigenvalue weighted by Crippen LogP contribution is 2.32. The molecule has 1 unspecified atom stereocenters. The van der Waals surface area contributed by atoms with Gasteiger partial charge in [0.25, 0.3) is 0 Å². The maximum atomic E-state index is 12.3. The summed E-state index contributed by atoms with van der Waals surface area (Å²) in [7, 11) is 0. The molecule has 0 radical (unpaired) electrons. The molecule has 1 aliphatic rings. The Morgan fingerprint density at radius 1 is 1.03 bits per heavy atom. The first kappa shape index (κ1) is 18.9. The number of para-hydroxylation sites is 1. The SMILES string of the molecule is C.CC(OC(=O)c1ccccc1)c1ccc2[n+](c1)CCc1c-2[nH]c2ccccc12. The van der Waals surface area contributed by atoms with Crippen molar-refractivity contribution in [2.45, 2.75) is 33.4 Å². The molecule has 1 aliphatic heterocycles. The number of carbonyl (C=O) groups excluding carboxylic acids is 1. The zero-order valence-electron chi connectivity index (χ0n) is 15.7. The van der Waals surface area contributed by atoms with E-state index in [4.69, 9.17) is 4.74 Å². The molecule has 0 saturated heterocycles. The van der Waals surface area contributed by atoms with E-state index in [9.17, 15) is 4.79 Å². The van der Waals surface area contributed by atoms with Gasteiger partial charge in [-0.25, -0.2) is 4.79 Å². The molecule has 4 nitrogen and oxygen atoms in total. The van der Waals surface area contributed by atoms with Crippen LogP contribution in [0.4, 0.5) is 0 Å². The third-order valence-corrected chi connectivity index (χ3v) is 5.48. The van der Waals surface area contributed by atoms with Crippen LogP contribution in [-0.2, 0) is 17.7 Å². The number of ether oxygens (including phenoxy) is 1. The Hall–Kier alpha value is -3.40. The molecular weight excluding hydrogens is 360 g/mol. The summed E-state index contributed by atoms with van der Waals surface area (Å²) in [5.41, 5.74) is 6.48. The number of hydrogen-bond acceptors (Lipinski definition) is 2. The van der Waals surface area contributed by atoms with Gasteiger partial charge in [0.15, 0.2) is 12.7 Å². The molecule has 0 aliphatic carbocycles. The van der Waals surface area contributed by atoms with Gasteiger partial charge in [-0.2, -0.15) is 4.57 Å². The van der Waals surface area contributed by atoms with Crippen molar-refractivity contribution in [2.75, 3.05) is 0 Å². The maximum absolute atomic E-state index is 12.3. The van der Waals surface area contributed by atoms with Gasteiger partial charge in [-0.05, 0) is 36.8 Å². The van der Waals surface area contributed by atoms with Crippen LogP contribution < -0.4 is 4.57 Å². The van der Waals surface area contributed by atoms with Gasteiger partial charge >= 0.3 is 5.97 Å². The molecule has 5 rings (SSSR count). The predicted octanol–water partition coefficient (Wildman–Crippen LogP) is 5.23. The fourth-order valence-electron chi connectivity index (χ4n) is 4.00. The van der Waals surface area contributed by atoms with Crippen LogP contribution in [0.3, 0.4) is 0 Å². The van der Waals surface area contributed by atoms with Gasteiger partial charge in [0.05, 0.1) is 11.1 Å². The number of hydrogen-bond donors (Lipinski definition) is 1. The maximum Gasteiger partial charge on any atom is 0.338 e. The molecule has 0 saturated carbocycles. The Labute approximate surface area is 170 Å². The average molecular weight is 385 g/mol. The normalized spacial score (nSPS) is 13.1. The lowest BCUT2D eigenvalue weighted by molar-refractivity contribution is -0.688. The highest BCUT2D eigenvalue weighted by Gasteiger charge is 2.27. The summed E-state index contributed by atoms with van der Waals surface area (Å²) in [4.78, 5) is 15.9. The Morgan fingerprint density at radius 2 is 1.79 bits per heavy atom. The predicted molar refractivity (Wildman–Crippen MR) is 115 cm³/mol. The van der Waals surface area contributed by atoms with Crippen LogP contribution in [0.1, 0.15) is 41.9 Å². The van der Waals surface area contributed by atoms with Crippen LogP contribution in [0.25, 0.3) is 22.3 Å². The third kappa shape index (κ3) is 3.31. The molecular formula is C25H25N2O2+. The van der Waals surface area contributed by atoms with Gasteiger partial charge in [0.1, 0.15) is 11.8 Å². The monoisotopic (exact) mass is 385 g/mol. The van der Waals surface area contributed by atoms with E-state index in [1.54, 1.807) is 12.1 Å². The first-order chi connectivity index (χ1) is 13.7. The molecule has 3 heterocycles. The molecule has 29 heavy (non-hydrogen) atoms. The highest BCUT2D eigenvalue weighted by atomic mass is 16.5. The first-order valence-corrected chi connectivity index (χ1v) is 9.60. The van der Waals surface area contributed by atoms with Gasteiger partial charge in [-0.3, -0.25) is 0 Å². The Kier molecular flexibility index (Phi) is 4.93. The number of fused-ring (bicyclic) bond motifs is 5. The molecule has 4 aromatic rings. The third-order valence-electron chi connectivity index (χ3n) is 5.48. The summed E-state index contributed by atoms with van der Waals surface area (Å²) >= 11 is 0. The van der Waals surface area contributed by atoms with Gasteiger partial charge in [0.2, 0.25) is 5.69 Å². The summed E-state index contributed by atoms with van der Waals surface area (Å²) in [6, 6.07) is 21.7. The lowest BCUT2D eigenvalue weighted by Gasteiger charge is -2.16. The lowest BCUT2D eigenvalue weighted by atomic mass is 10.0. The number of H-pyrrole nitrogens is 1. The summed E-state index contributed by atoms with van der Waals surface area (Å²) in [6.45, 7) is 2.83. The van der Waals surface area contributed by atoms with Crippen LogP contribution >= 0.6 is 0 Å². The van der Waals surface area contributed by atoms with Crippen molar-refractivity contribution in [1.82, 2.24) is 4.98 Å². The van der Waals surface area contributed by atoms with E-state index >= 15 is 0 Å². The number of pyridine rings is 1. The second-order valence-corrected chi connectivity index (χ2v) is 7.23.